The van der Waals surface area contributed by atoms with Gasteiger partial charge in [0.15, 0.2) is 0 Å². The molecule has 0 spiro atoms. The van der Waals surface area contributed by atoms with E-state index in [-0.39, 0.29) is 12.2 Å². The Morgan fingerprint density at radius 2 is 2.21 bits per heavy atom. The molecule has 2 unspecified atom stereocenters. The normalized spacial score (nSPS) is 27.5. The minimum Gasteiger partial charge on any atom is -0.369 e. The van der Waals surface area contributed by atoms with Crippen molar-refractivity contribution in [3.05, 3.63) is 35.4 Å². The molecule has 0 radical (unpaired) electrons. The van der Waals surface area contributed by atoms with E-state index in [9.17, 15) is 8.78 Å². The monoisotopic (exact) mass is 269 g/mol. The minimum absolute atomic E-state index is 0.149. The van der Waals surface area contributed by atoms with Gasteiger partial charge in [-0.25, -0.2) is 8.78 Å². The number of ether oxygens (including phenoxy) is 1. The highest BCUT2D eigenvalue weighted by Gasteiger charge is 2.34. The molecule has 1 fully saturated rings. The van der Waals surface area contributed by atoms with E-state index < -0.39 is 11.6 Å². The molecular weight excluding hydrogens is 248 g/mol. The molecule has 0 aliphatic heterocycles. The number of hydrogen-bond donors (Lipinski definition) is 1. The topological polar surface area (TPSA) is 35.2 Å². The van der Waals surface area contributed by atoms with Gasteiger partial charge in [-0.05, 0) is 24.8 Å². The molecular formula is C15H21F2NO. The van der Waals surface area contributed by atoms with Gasteiger partial charge >= 0.3 is 0 Å². The van der Waals surface area contributed by atoms with Gasteiger partial charge in [0.2, 0.25) is 0 Å². The molecule has 1 aromatic carbocycles. The zero-order chi connectivity index (χ0) is 13.9. The number of halogens is 2. The van der Waals surface area contributed by atoms with Crippen LogP contribution in [0.15, 0.2) is 18.2 Å². The first-order valence-corrected chi connectivity index (χ1v) is 6.83. The number of benzene rings is 1. The van der Waals surface area contributed by atoms with Crippen molar-refractivity contribution < 1.29 is 13.5 Å². The van der Waals surface area contributed by atoms with E-state index >= 15 is 0 Å². The average molecular weight is 269 g/mol. The molecule has 2 rings (SSSR count). The van der Waals surface area contributed by atoms with Crippen LogP contribution in [-0.2, 0) is 11.3 Å². The van der Waals surface area contributed by atoms with E-state index in [4.69, 9.17) is 10.5 Å². The van der Waals surface area contributed by atoms with Crippen LogP contribution in [0.2, 0.25) is 0 Å². The van der Waals surface area contributed by atoms with Gasteiger partial charge in [0.1, 0.15) is 11.6 Å². The van der Waals surface area contributed by atoms with Crippen LogP contribution < -0.4 is 5.73 Å². The van der Waals surface area contributed by atoms with E-state index in [1.54, 1.807) is 0 Å². The summed E-state index contributed by atoms with van der Waals surface area (Å²) >= 11 is 0. The summed E-state index contributed by atoms with van der Waals surface area (Å²) in [6, 6.07) is 3.57. The van der Waals surface area contributed by atoms with Crippen LogP contribution in [0, 0.1) is 17.6 Å². The Morgan fingerprint density at radius 1 is 1.42 bits per heavy atom. The molecule has 0 saturated heterocycles. The molecule has 4 heteroatoms. The van der Waals surface area contributed by atoms with Gasteiger partial charge in [-0.3, -0.25) is 0 Å². The maximum absolute atomic E-state index is 13.6. The highest BCUT2D eigenvalue weighted by Crippen LogP contribution is 2.35. The molecule has 1 aromatic rings. The van der Waals surface area contributed by atoms with Gasteiger partial charge in [-0.15, -0.1) is 0 Å². The number of rotatable bonds is 4. The van der Waals surface area contributed by atoms with Crippen LogP contribution in [-0.4, -0.2) is 12.1 Å². The van der Waals surface area contributed by atoms with Gasteiger partial charge in [0.05, 0.1) is 12.2 Å². The van der Waals surface area contributed by atoms with Crippen LogP contribution in [0.5, 0.6) is 0 Å². The summed E-state index contributed by atoms with van der Waals surface area (Å²) in [6.07, 6.45) is 4.10. The van der Waals surface area contributed by atoms with E-state index in [1.807, 2.05) is 0 Å². The Labute approximate surface area is 112 Å². The standard InChI is InChI=1S/C15H21F2NO/c1-11-3-2-6-15(8-11,10-18)19-9-12-4-5-13(16)7-14(12)17/h4-5,7,11H,2-3,6,8-10,18H2,1H3. The van der Waals surface area contributed by atoms with Crippen molar-refractivity contribution in [2.24, 2.45) is 11.7 Å². The van der Waals surface area contributed by atoms with Crippen molar-refractivity contribution in [1.82, 2.24) is 0 Å². The molecule has 0 bridgehead atoms. The molecule has 2 atom stereocenters. The lowest BCUT2D eigenvalue weighted by molar-refractivity contribution is -0.0847. The highest BCUT2D eigenvalue weighted by atomic mass is 19.1. The second-order valence-electron chi connectivity index (χ2n) is 5.61. The summed E-state index contributed by atoms with van der Waals surface area (Å²) in [6.45, 7) is 2.78. The summed E-state index contributed by atoms with van der Waals surface area (Å²) < 4.78 is 32.3. The Balaban J connectivity index is 2.03. The van der Waals surface area contributed by atoms with Crippen molar-refractivity contribution in [3.63, 3.8) is 0 Å². The second-order valence-corrected chi connectivity index (χ2v) is 5.61. The lowest BCUT2D eigenvalue weighted by atomic mass is 9.79. The van der Waals surface area contributed by atoms with Gasteiger partial charge in [0.25, 0.3) is 0 Å². The van der Waals surface area contributed by atoms with Crippen LogP contribution >= 0.6 is 0 Å². The molecule has 106 valence electrons. The molecule has 1 aliphatic rings. The predicted molar refractivity (Wildman–Crippen MR) is 70.6 cm³/mol. The van der Waals surface area contributed by atoms with Gasteiger partial charge < -0.3 is 10.5 Å². The summed E-state index contributed by atoms with van der Waals surface area (Å²) in [4.78, 5) is 0. The Hall–Kier alpha value is -1.00. The summed E-state index contributed by atoms with van der Waals surface area (Å²) in [5.74, 6) is -0.549. The third-order valence-electron chi connectivity index (χ3n) is 3.97. The van der Waals surface area contributed by atoms with E-state index in [2.05, 4.69) is 6.92 Å². The SMILES string of the molecule is CC1CCCC(CN)(OCc2ccc(F)cc2F)C1. The zero-order valence-electron chi connectivity index (χ0n) is 11.3. The molecule has 0 aromatic heterocycles. The van der Waals surface area contributed by atoms with Crippen LogP contribution in [0.25, 0.3) is 0 Å². The fourth-order valence-corrected chi connectivity index (χ4v) is 2.86. The second kappa shape index (κ2) is 5.97. The van der Waals surface area contributed by atoms with Gasteiger partial charge in [-0.2, -0.15) is 0 Å². The third-order valence-corrected chi connectivity index (χ3v) is 3.97. The predicted octanol–water partition coefficient (Wildman–Crippen LogP) is 3.39. The lowest BCUT2D eigenvalue weighted by Gasteiger charge is -2.39. The quantitative estimate of drug-likeness (QED) is 0.909. The highest BCUT2D eigenvalue weighted by molar-refractivity contribution is 5.17. The van der Waals surface area contributed by atoms with Crippen LogP contribution in [0.1, 0.15) is 38.2 Å². The van der Waals surface area contributed by atoms with E-state index in [1.165, 1.54) is 18.6 Å². The maximum atomic E-state index is 13.6. The van der Waals surface area contributed by atoms with Crippen molar-refractivity contribution in [1.29, 1.82) is 0 Å². The maximum Gasteiger partial charge on any atom is 0.131 e. The molecule has 0 amide bonds. The fourth-order valence-electron chi connectivity index (χ4n) is 2.86. The molecule has 0 heterocycles. The van der Waals surface area contributed by atoms with E-state index in [0.29, 0.717) is 18.0 Å². The molecule has 19 heavy (non-hydrogen) atoms. The first-order chi connectivity index (χ1) is 9.04. The molecule has 2 N–H and O–H groups in total. The number of nitrogens with two attached hydrogens (primary N) is 1. The zero-order valence-corrected chi connectivity index (χ0v) is 11.3. The lowest BCUT2D eigenvalue weighted by Crippen LogP contribution is -2.44. The summed E-state index contributed by atoms with van der Waals surface area (Å²) in [7, 11) is 0. The van der Waals surface area contributed by atoms with Crippen molar-refractivity contribution in [2.45, 2.75) is 44.8 Å². The minimum atomic E-state index is -0.568. The first-order valence-electron chi connectivity index (χ1n) is 6.83. The summed E-state index contributed by atoms with van der Waals surface area (Å²) in [5, 5.41) is 0. The fraction of sp³-hybridized carbons (Fsp3) is 0.600. The van der Waals surface area contributed by atoms with Crippen molar-refractivity contribution >= 4 is 0 Å². The van der Waals surface area contributed by atoms with Crippen LogP contribution in [0.3, 0.4) is 0 Å². The van der Waals surface area contributed by atoms with Gasteiger partial charge in [-0.1, -0.05) is 25.8 Å². The van der Waals surface area contributed by atoms with E-state index in [0.717, 1.165) is 25.3 Å². The Morgan fingerprint density at radius 3 is 2.84 bits per heavy atom. The number of hydrogen-bond acceptors (Lipinski definition) is 2. The smallest absolute Gasteiger partial charge is 0.131 e. The molecule has 1 aliphatic carbocycles. The van der Waals surface area contributed by atoms with Crippen LogP contribution in [0.4, 0.5) is 8.78 Å². The summed E-state index contributed by atoms with van der Waals surface area (Å²) in [5.41, 5.74) is 5.88. The third kappa shape index (κ3) is 3.51. The molecule has 1 saturated carbocycles. The molecule has 2 nitrogen and oxygen atoms in total. The van der Waals surface area contributed by atoms with Gasteiger partial charge in [0, 0.05) is 18.2 Å². The average Bonchev–Trinajstić information content (AvgIpc) is 2.38. The first kappa shape index (κ1) is 14.4. The Kier molecular flexibility index (Phi) is 4.53. The van der Waals surface area contributed by atoms with Crippen molar-refractivity contribution in [3.8, 4) is 0 Å². The largest absolute Gasteiger partial charge is 0.369 e. The van der Waals surface area contributed by atoms with Crippen molar-refractivity contribution in [2.75, 3.05) is 6.54 Å². The Bertz CT molecular complexity index is 438.